The third-order valence-electron chi connectivity index (χ3n) is 3.82. The van der Waals surface area contributed by atoms with Crippen LogP contribution < -0.4 is 10.1 Å². The van der Waals surface area contributed by atoms with E-state index in [0.717, 1.165) is 11.6 Å². The summed E-state index contributed by atoms with van der Waals surface area (Å²) < 4.78 is 10.1. The van der Waals surface area contributed by atoms with Gasteiger partial charge >= 0.3 is 5.97 Å². The van der Waals surface area contributed by atoms with Crippen LogP contribution in [0.2, 0.25) is 5.02 Å². The fourth-order valence-corrected chi connectivity index (χ4v) is 3.31. The van der Waals surface area contributed by atoms with Gasteiger partial charge in [-0.25, -0.2) is 9.78 Å². The van der Waals surface area contributed by atoms with E-state index in [2.05, 4.69) is 10.3 Å². The maximum absolute atomic E-state index is 12.2. The number of nitro groups is 1. The summed E-state index contributed by atoms with van der Waals surface area (Å²) in [6, 6.07) is 10.8. The molecule has 1 N–H and O–H groups in total. The van der Waals surface area contributed by atoms with Crippen LogP contribution >= 0.6 is 22.9 Å². The highest BCUT2D eigenvalue weighted by atomic mass is 35.5. The standard InChI is InChI=1S/C19H14ClN3O6S/c1-28-13-5-2-11(3-6-13)18-22-16(10-30-18)19(25)29-9-17(24)21-15-8-12(23(26)27)4-7-14(15)20/h2-8,10H,9H2,1H3,(H,21,24). The second-order valence-corrected chi connectivity index (χ2v) is 7.08. The molecule has 0 saturated carbocycles. The number of ether oxygens (including phenoxy) is 2. The van der Waals surface area contributed by atoms with E-state index in [-0.39, 0.29) is 22.1 Å². The number of hydrogen-bond donors (Lipinski definition) is 1. The number of methoxy groups -OCH3 is 1. The summed E-state index contributed by atoms with van der Waals surface area (Å²) in [5.41, 5.74) is 0.674. The van der Waals surface area contributed by atoms with E-state index < -0.39 is 23.4 Å². The first-order valence-corrected chi connectivity index (χ1v) is 9.64. The minimum atomic E-state index is -0.772. The Morgan fingerprint density at radius 1 is 1.23 bits per heavy atom. The number of halogens is 1. The number of anilines is 1. The zero-order chi connectivity index (χ0) is 21.7. The Hall–Kier alpha value is -3.50. The predicted molar refractivity (Wildman–Crippen MR) is 111 cm³/mol. The summed E-state index contributed by atoms with van der Waals surface area (Å²) in [4.78, 5) is 38.6. The van der Waals surface area contributed by atoms with E-state index >= 15 is 0 Å². The zero-order valence-corrected chi connectivity index (χ0v) is 17.0. The molecule has 0 aliphatic carbocycles. The quantitative estimate of drug-likeness (QED) is 0.327. The lowest BCUT2D eigenvalue weighted by atomic mass is 10.2. The van der Waals surface area contributed by atoms with Gasteiger partial charge in [0, 0.05) is 23.1 Å². The Balaban J connectivity index is 1.59. The highest BCUT2D eigenvalue weighted by Crippen LogP contribution is 2.27. The van der Waals surface area contributed by atoms with E-state index in [0.29, 0.717) is 10.8 Å². The van der Waals surface area contributed by atoms with Crippen molar-refractivity contribution < 1.29 is 24.0 Å². The molecule has 0 radical (unpaired) electrons. The van der Waals surface area contributed by atoms with Crippen molar-refractivity contribution in [1.82, 2.24) is 4.98 Å². The molecular weight excluding hydrogens is 434 g/mol. The second-order valence-electron chi connectivity index (χ2n) is 5.81. The molecule has 0 aliphatic rings. The first-order valence-electron chi connectivity index (χ1n) is 8.38. The van der Waals surface area contributed by atoms with Crippen LogP contribution in [0.5, 0.6) is 5.75 Å². The van der Waals surface area contributed by atoms with Crippen molar-refractivity contribution in [3.8, 4) is 16.3 Å². The molecule has 1 amide bonds. The summed E-state index contributed by atoms with van der Waals surface area (Å²) in [7, 11) is 1.57. The highest BCUT2D eigenvalue weighted by molar-refractivity contribution is 7.13. The maximum Gasteiger partial charge on any atom is 0.358 e. The van der Waals surface area contributed by atoms with E-state index in [1.807, 2.05) is 12.1 Å². The third kappa shape index (κ3) is 5.10. The second kappa shape index (κ2) is 9.33. The number of carbonyl (C=O) groups is 2. The minimum absolute atomic E-state index is 0.0439. The van der Waals surface area contributed by atoms with Crippen molar-refractivity contribution in [1.29, 1.82) is 0 Å². The molecule has 0 saturated heterocycles. The number of rotatable bonds is 7. The van der Waals surface area contributed by atoms with Crippen LogP contribution in [0.25, 0.3) is 10.6 Å². The number of carbonyl (C=O) groups excluding carboxylic acids is 2. The topological polar surface area (TPSA) is 121 Å². The van der Waals surface area contributed by atoms with Crippen LogP contribution in [0.3, 0.4) is 0 Å². The van der Waals surface area contributed by atoms with Gasteiger partial charge in [-0.05, 0) is 30.3 Å². The molecule has 3 rings (SSSR count). The van der Waals surface area contributed by atoms with Gasteiger partial charge in [-0.2, -0.15) is 0 Å². The Kier molecular flexibility index (Phi) is 6.60. The van der Waals surface area contributed by atoms with Crippen LogP contribution in [-0.4, -0.2) is 35.5 Å². The Morgan fingerprint density at radius 3 is 2.63 bits per heavy atom. The van der Waals surface area contributed by atoms with Crippen LogP contribution in [0.1, 0.15) is 10.5 Å². The molecule has 11 heteroatoms. The number of amides is 1. The largest absolute Gasteiger partial charge is 0.497 e. The number of non-ortho nitro benzene ring substituents is 1. The number of hydrogen-bond acceptors (Lipinski definition) is 8. The highest BCUT2D eigenvalue weighted by Gasteiger charge is 2.17. The Bertz CT molecular complexity index is 1100. The number of nitrogens with zero attached hydrogens (tertiary/aromatic N) is 2. The maximum atomic E-state index is 12.2. The van der Waals surface area contributed by atoms with Gasteiger partial charge in [-0.15, -0.1) is 11.3 Å². The predicted octanol–water partition coefficient (Wildman–Crippen LogP) is 4.18. The summed E-state index contributed by atoms with van der Waals surface area (Å²) in [6.45, 7) is -0.604. The molecule has 0 unspecified atom stereocenters. The molecule has 9 nitrogen and oxygen atoms in total. The monoisotopic (exact) mass is 447 g/mol. The molecule has 30 heavy (non-hydrogen) atoms. The van der Waals surface area contributed by atoms with Gasteiger partial charge in [0.1, 0.15) is 10.8 Å². The number of nitro benzene ring substituents is 1. The van der Waals surface area contributed by atoms with Crippen molar-refractivity contribution in [3.05, 3.63) is 68.7 Å². The number of aromatic nitrogens is 1. The van der Waals surface area contributed by atoms with E-state index in [4.69, 9.17) is 21.1 Å². The molecule has 0 fully saturated rings. The van der Waals surface area contributed by atoms with Crippen molar-refractivity contribution in [2.24, 2.45) is 0 Å². The van der Waals surface area contributed by atoms with E-state index in [1.165, 1.54) is 28.8 Å². The fourth-order valence-electron chi connectivity index (χ4n) is 2.35. The van der Waals surface area contributed by atoms with Gasteiger partial charge in [-0.3, -0.25) is 14.9 Å². The number of nitrogens with one attached hydrogen (secondary N) is 1. The lowest BCUT2D eigenvalue weighted by molar-refractivity contribution is -0.384. The lowest BCUT2D eigenvalue weighted by Gasteiger charge is -2.07. The van der Waals surface area contributed by atoms with Crippen LogP contribution in [-0.2, 0) is 9.53 Å². The molecule has 0 atom stereocenters. The summed E-state index contributed by atoms with van der Waals surface area (Å²) in [5, 5.41) is 15.4. The van der Waals surface area contributed by atoms with Crippen LogP contribution in [0.15, 0.2) is 47.8 Å². The van der Waals surface area contributed by atoms with Crippen molar-refractivity contribution in [2.45, 2.75) is 0 Å². The molecule has 0 bridgehead atoms. The van der Waals surface area contributed by atoms with Crippen LogP contribution in [0.4, 0.5) is 11.4 Å². The molecule has 154 valence electrons. The molecule has 1 heterocycles. The Morgan fingerprint density at radius 2 is 1.97 bits per heavy atom. The lowest BCUT2D eigenvalue weighted by Crippen LogP contribution is -2.21. The van der Waals surface area contributed by atoms with Crippen molar-refractivity contribution in [2.75, 3.05) is 19.0 Å². The van der Waals surface area contributed by atoms with Gasteiger partial charge in [-0.1, -0.05) is 11.6 Å². The zero-order valence-electron chi connectivity index (χ0n) is 15.5. The normalized spacial score (nSPS) is 10.3. The number of thiazole rings is 1. The third-order valence-corrected chi connectivity index (χ3v) is 5.04. The van der Waals surface area contributed by atoms with Gasteiger partial charge in [0.05, 0.1) is 22.7 Å². The minimum Gasteiger partial charge on any atom is -0.497 e. The van der Waals surface area contributed by atoms with E-state index in [9.17, 15) is 19.7 Å². The molecule has 0 aliphatic heterocycles. The fraction of sp³-hybridized carbons (Fsp3) is 0.105. The SMILES string of the molecule is COc1ccc(-c2nc(C(=O)OCC(=O)Nc3cc([N+](=O)[O-])ccc3Cl)cs2)cc1. The van der Waals surface area contributed by atoms with Gasteiger partial charge < -0.3 is 14.8 Å². The van der Waals surface area contributed by atoms with Crippen molar-refractivity contribution >= 4 is 46.2 Å². The van der Waals surface area contributed by atoms with Crippen molar-refractivity contribution in [3.63, 3.8) is 0 Å². The number of benzene rings is 2. The molecule has 1 aromatic heterocycles. The van der Waals surface area contributed by atoms with E-state index in [1.54, 1.807) is 19.2 Å². The first-order chi connectivity index (χ1) is 14.4. The van der Waals surface area contributed by atoms with Gasteiger partial charge in [0.25, 0.3) is 11.6 Å². The summed E-state index contributed by atoms with van der Waals surface area (Å²) in [6.07, 6.45) is 0. The molecule has 3 aromatic rings. The average Bonchev–Trinajstić information content (AvgIpc) is 3.24. The Labute approximate surface area is 179 Å². The smallest absolute Gasteiger partial charge is 0.358 e. The molecule has 2 aromatic carbocycles. The van der Waals surface area contributed by atoms with Gasteiger partial charge in [0.15, 0.2) is 12.3 Å². The summed E-state index contributed by atoms with van der Waals surface area (Å²) in [5.74, 6) is -0.771. The van der Waals surface area contributed by atoms with Gasteiger partial charge in [0.2, 0.25) is 0 Å². The number of esters is 1. The molecular formula is C19H14ClN3O6S. The van der Waals surface area contributed by atoms with Crippen LogP contribution in [0, 0.1) is 10.1 Å². The summed E-state index contributed by atoms with van der Waals surface area (Å²) >= 11 is 7.17. The first kappa shape index (κ1) is 21.2. The average molecular weight is 448 g/mol. The molecule has 0 spiro atoms.